The van der Waals surface area contributed by atoms with Crippen LogP contribution in [0.3, 0.4) is 0 Å². The maximum atomic E-state index is 12.3. The van der Waals surface area contributed by atoms with Gasteiger partial charge in [-0.3, -0.25) is 9.59 Å². The number of carbonyl (C=O) groups is 3. The highest BCUT2D eigenvalue weighted by atomic mass is 16.5. The molecular formula is C22H43N3O5. The molecule has 176 valence electrons. The van der Waals surface area contributed by atoms with E-state index in [4.69, 9.17) is 9.47 Å². The summed E-state index contributed by atoms with van der Waals surface area (Å²) in [7, 11) is 1.68. The zero-order valence-corrected chi connectivity index (χ0v) is 20.1. The van der Waals surface area contributed by atoms with Crippen molar-refractivity contribution in [3.8, 4) is 0 Å². The van der Waals surface area contributed by atoms with E-state index in [1.54, 1.807) is 7.05 Å². The minimum atomic E-state index is -0.506. The summed E-state index contributed by atoms with van der Waals surface area (Å²) in [6.45, 7) is 15.2. The predicted molar refractivity (Wildman–Crippen MR) is 118 cm³/mol. The number of hydrogen-bond acceptors (Lipinski definition) is 6. The van der Waals surface area contributed by atoms with Crippen molar-refractivity contribution in [2.75, 3.05) is 26.8 Å². The van der Waals surface area contributed by atoms with Crippen molar-refractivity contribution in [3.05, 3.63) is 0 Å². The second-order valence-electron chi connectivity index (χ2n) is 9.46. The first-order valence-corrected chi connectivity index (χ1v) is 10.8. The highest BCUT2D eigenvalue weighted by Gasteiger charge is 2.22. The monoisotopic (exact) mass is 429 g/mol. The van der Waals surface area contributed by atoms with E-state index in [0.717, 1.165) is 12.7 Å². The fourth-order valence-corrected chi connectivity index (χ4v) is 2.60. The number of amides is 2. The molecule has 0 heterocycles. The van der Waals surface area contributed by atoms with Gasteiger partial charge in [0.15, 0.2) is 0 Å². The summed E-state index contributed by atoms with van der Waals surface area (Å²) in [6.07, 6.45) is 1.99. The summed E-state index contributed by atoms with van der Waals surface area (Å²) in [5, 5.41) is 8.45. The van der Waals surface area contributed by atoms with E-state index in [1.807, 2.05) is 48.5 Å². The molecule has 2 atom stereocenters. The molecule has 0 aromatic carbocycles. The van der Waals surface area contributed by atoms with Gasteiger partial charge in [-0.25, -0.2) is 0 Å². The van der Waals surface area contributed by atoms with Crippen LogP contribution in [0.4, 0.5) is 0 Å². The molecule has 0 aromatic heterocycles. The Morgan fingerprint density at radius 2 is 1.67 bits per heavy atom. The standard InChI is InChI=1S/C22H43N3O5/c1-16(2)18(15-26)25-19(27)10-9-17(23-8)20(28)24-12-14-30-22(6,7)11-13-29-21(3,4)5/h15-18,23H,9-14H2,1-8H3,(H,24,28)(H,25,27). The molecule has 30 heavy (non-hydrogen) atoms. The third-order valence-corrected chi connectivity index (χ3v) is 4.65. The van der Waals surface area contributed by atoms with Crippen LogP contribution in [0.2, 0.25) is 0 Å². The first-order valence-electron chi connectivity index (χ1n) is 10.8. The highest BCUT2D eigenvalue weighted by Crippen LogP contribution is 2.16. The lowest BCUT2D eigenvalue weighted by Gasteiger charge is -2.28. The number of carbonyl (C=O) groups excluding carboxylic acids is 3. The van der Waals surface area contributed by atoms with Crippen LogP contribution in [0.25, 0.3) is 0 Å². The summed E-state index contributed by atoms with van der Waals surface area (Å²) in [5.74, 6) is -0.394. The predicted octanol–water partition coefficient (Wildman–Crippen LogP) is 1.81. The van der Waals surface area contributed by atoms with Crippen LogP contribution in [0, 0.1) is 5.92 Å². The van der Waals surface area contributed by atoms with Gasteiger partial charge >= 0.3 is 0 Å². The van der Waals surface area contributed by atoms with Crippen LogP contribution in [-0.4, -0.2) is 68.2 Å². The zero-order valence-electron chi connectivity index (χ0n) is 20.1. The molecule has 8 nitrogen and oxygen atoms in total. The minimum Gasteiger partial charge on any atom is -0.376 e. The van der Waals surface area contributed by atoms with Gasteiger partial charge in [-0.2, -0.15) is 0 Å². The fraction of sp³-hybridized carbons (Fsp3) is 0.864. The molecule has 8 heteroatoms. The van der Waals surface area contributed by atoms with Gasteiger partial charge in [0.2, 0.25) is 11.8 Å². The lowest BCUT2D eigenvalue weighted by Crippen LogP contribution is -2.45. The highest BCUT2D eigenvalue weighted by molar-refractivity contribution is 5.84. The van der Waals surface area contributed by atoms with Crippen LogP contribution < -0.4 is 16.0 Å². The SMILES string of the molecule is CNC(CCC(=O)NC(C=O)C(C)C)C(=O)NCCOC(C)(C)CCOC(C)(C)C. The molecule has 0 aromatic rings. The summed E-state index contributed by atoms with van der Waals surface area (Å²) < 4.78 is 11.6. The molecule has 0 saturated heterocycles. The minimum absolute atomic E-state index is 0.0270. The lowest BCUT2D eigenvalue weighted by molar-refractivity contribution is -0.126. The number of rotatable bonds is 15. The zero-order chi connectivity index (χ0) is 23.4. The van der Waals surface area contributed by atoms with Crippen molar-refractivity contribution in [1.29, 1.82) is 0 Å². The van der Waals surface area contributed by atoms with E-state index in [1.165, 1.54) is 0 Å². The van der Waals surface area contributed by atoms with Crippen LogP contribution in [0.5, 0.6) is 0 Å². The molecule has 0 spiro atoms. The van der Waals surface area contributed by atoms with Crippen molar-refractivity contribution in [3.63, 3.8) is 0 Å². The Hall–Kier alpha value is -1.51. The number of likely N-dealkylation sites (N-methyl/N-ethyl adjacent to an activating group) is 1. The van der Waals surface area contributed by atoms with E-state index in [9.17, 15) is 14.4 Å². The maximum Gasteiger partial charge on any atom is 0.237 e. The van der Waals surface area contributed by atoms with E-state index in [2.05, 4.69) is 16.0 Å². The topological polar surface area (TPSA) is 106 Å². The molecule has 0 saturated carbocycles. The number of aldehydes is 1. The molecule has 0 aliphatic rings. The Balaban J connectivity index is 4.22. The third-order valence-electron chi connectivity index (χ3n) is 4.65. The van der Waals surface area contributed by atoms with Crippen molar-refractivity contribution in [2.24, 2.45) is 5.92 Å². The van der Waals surface area contributed by atoms with Crippen LogP contribution in [-0.2, 0) is 23.9 Å². The molecule has 0 bridgehead atoms. The van der Waals surface area contributed by atoms with Crippen molar-refractivity contribution >= 4 is 18.1 Å². The van der Waals surface area contributed by atoms with Gasteiger partial charge in [0.25, 0.3) is 0 Å². The van der Waals surface area contributed by atoms with E-state index >= 15 is 0 Å². The van der Waals surface area contributed by atoms with Gasteiger partial charge in [-0.05, 0) is 60.4 Å². The first-order chi connectivity index (χ1) is 13.8. The molecule has 0 radical (unpaired) electrons. The van der Waals surface area contributed by atoms with Crippen molar-refractivity contribution in [2.45, 2.75) is 91.0 Å². The summed E-state index contributed by atoms with van der Waals surface area (Å²) in [6, 6.07) is -0.994. The molecule has 2 unspecified atom stereocenters. The Kier molecular flexibility index (Phi) is 13.0. The second-order valence-corrected chi connectivity index (χ2v) is 9.46. The summed E-state index contributed by atoms with van der Waals surface area (Å²) >= 11 is 0. The molecule has 0 rings (SSSR count). The molecule has 0 fully saturated rings. The van der Waals surface area contributed by atoms with E-state index in [-0.39, 0.29) is 35.4 Å². The van der Waals surface area contributed by atoms with Crippen molar-refractivity contribution < 1.29 is 23.9 Å². The molecule has 2 amide bonds. The quantitative estimate of drug-likeness (QED) is 0.271. The largest absolute Gasteiger partial charge is 0.376 e. The summed E-state index contributed by atoms with van der Waals surface area (Å²) in [5.41, 5.74) is -0.520. The Morgan fingerprint density at radius 3 is 2.17 bits per heavy atom. The van der Waals surface area contributed by atoms with Crippen LogP contribution in [0.1, 0.15) is 67.7 Å². The Bertz CT molecular complexity index is 529. The Morgan fingerprint density at radius 1 is 1.03 bits per heavy atom. The molecule has 3 N–H and O–H groups in total. The number of ether oxygens (including phenoxy) is 2. The third kappa shape index (κ3) is 13.7. The van der Waals surface area contributed by atoms with Gasteiger partial charge < -0.3 is 30.2 Å². The molecule has 0 aliphatic heterocycles. The smallest absolute Gasteiger partial charge is 0.237 e. The average Bonchev–Trinajstić information content (AvgIpc) is 2.62. The van der Waals surface area contributed by atoms with Crippen LogP contribution >= 0.6 is 0 Å². The van der Waals surface area contributed by atoms with Crippen molar-refractivity contribution in [1.82, 2.24) is 16.0 Å². The van der Waals surface area contributed by atoms with Gasteiger partial charge in [0, 0.05) is 19.6 Å². The van der Waals surface area contributed by atoms with Gasteiger partial charge in [-0.1, -0.05) is 13.8 Å². The van der Waals surface area contributed by atoms with Gasteiger partial charge in [0.1, 0.15) is 6.29 Å². The normalized spacial score (nSPS) is 14.3. The number of nitrogens with one attached hydrogen (secondary N) is 3. The van der Waals surface area contributed by atoms with Gasteiger partial charge in [-0.15, -0.1) is 0 Å². The van der Waals surface area contributed by atoms with E-state index < -0.39 is 12.1 Å². The number of hydrogen-bond donors (Lipinski definition) is 3. The fourth-order valence-electron chi connectivity index (χ4n) is 2.60. The van der Waals surface area contributed by atoms with Gasteiger partial charge in [0.05, 0.1) is 29.9 Å². The average molecular weight is 430 g/mol. The lowest BCUT2D eigenvalue weighted by atomic mass is 10.1. The first kappa shape index (κ1) is 28.5. The second kappa shape index (κ2) is 13.7. The Labute approximate surface area is 182 Å². The molecule has 0 aliphatic carbocycles. The van der Waals surface area contributed by atoms with E-state index in [0.29, 0.717) is 26.2 Å². The van der Waals surface area contributed by atoms with Crippen LogP contribution in [0.15, 0.2) is 0 Å². The maximum absolute atomic E-state index is 12.3. The molecular weight excluding hydrogens is 386 g/mol. The summed E-state index contributed by atoms with van der Waals surface area (Å²) in [4.78, 5) is 35.4.